The van der Waals surface area contributed by atoms with Crippen LogP contribution in [0.25, 0.3) is 0 Å². The third-order valence-electron chi connectivity index (χ3n) is 4.92. The second-order valence-corrected chi connectivity index (χ2v) is 8.06. The second kappa shape index (κ2) is 10.4. The van der Waals surface area contributed by atoms with Gasteiger partial charge in [-0.2, -0.15) is 5.10 Å². The molecule has 0 bridgehead atoms. The van der Waals surface area contributed by atoms with Gasteiger partial charge in [0.15, 0.2) is 5.82 Å². The first-order valence-corrected chi connectivity index (χ1v) is 10.9. The Hall–Kier alpha value is -3.48. The molecule has 0 aliphatic rings. The van der Waals surface area contributed by atoms with Gasteiger partial charge in [-0.05, 0) is 54.1 Å². The van der Waals surface area contributed by atoms with E-state index in [9.17, 15) is 4.79 Å². The van der Waals surface area contributed by atoms with E-state index in [0.29, 0.717) is 39.5 Å². The predicted octanol–water partition coefficient (Wildman–Crippen LogP) is 6.08. The van der Waals surface area contributed by atoms with Gasteiger partial charge in [0, 0.05) is 33.4 Å². The van der Waals surface area contributed by atoms with Crippen LogP contribution in [-0.4, -0.2) is 22.8 Å². The van der Waals surface area contributed by atoms with Crippen LogP contribution in [0.15, 0.2) is 79.0 Å². The van der Waals surface area contributed by atoms with E-state index in [4.69, 9.17) is 32.7 Å². The molecule has 168 valence electrons. The Bertz CT molecular complexity index is 1260. The SMILES string of the molecule is COc1ccc(C(=O)Nc2ccn(Cc3ccccc3Cl)n2)cc1COc1ccc(Cl)cc1. The predicted molar refractivity (Wildman–Crippen MR) is 130 cm³/mol. The number of amides is 1. The Kier molecular flexibility index (Phi) is 7.17. The van der Waals surface area contributed by atoms with Crippen molar-refractivity contribution in [1.82, 2.24) is 9.78 Å². The summed E-state index contributed by atoms with van der Waals surface area (Å²) in [6.45, 7) is 0.739. The number of halogens is 2. The Balaban J connectivity index is 1.43. The van der Waals surface area contributed by atoms with Gasteiger partial charge in [0.05, 0.1) is 13.7 Å². The Labute approximate surface area is 201 Å². The fraction of sp³-hybridized carbons (Fsp3) is 0.120. The van der Waals surface area contributed by atoms with Gasteiger partial charge in [-0.1, -0.05) is 41.4 Å². The molecular weight excluding hydrogens is 461 g/mol. The highest BCUT2D eigenvalue weighted by Crippen LogP contribution is 2.24. The van der Waals surface area contributed by atoms with Gasteiger partial charge < -0.3 is 14.8 Å². The zero-order valence-corrected chi connectivity index (χ0v) is 19.3. The Morgan fingerprint density at radius 3 is 2.55 bits per heavy atom. The first-order valence-electron chi connectivity index (χ1n) is 10.2. The zero-order valence-electron chi connectivity index (χ0n) is 17.8. The number of methoxy groups -OCH3 is 1. The lowest BCUT2D eigenvalue weighted by Crippen LogP contribution is -2.14. The molecule has 0 spiro atoms. The van der Waals surface area contributed by atoms with Crippen LogP contribution >= 0.6 is 23.2 Å². The molecule has 4 aromatic rings. The minimum absolute atomic E-state index is 0.235. The van der Waals surface area contributed by atoms with Crippen molar-refractivity contribution in [2.45, 2.75) is 13.2 Å². The monoisotopic (exact) mass is 481 g/mol. The highest BCUT2D eigenvalue weighted by molar-refractivity contribution is 6.31. The van der Waals surface area contributed by atoms with Gasteiger partial charge in [0.25, 0.3) is 5.91 Å². The van der Waals surface area contributed by atoms with Crippen LogP contribution in [0.2, 0.25) is 10.0 Å². The topological polar surface area (TPSA) is 65.4 Å². The maximum Gasteiger partial charge on any atom is 0.256 e. The maximum atomic E-state index is 12.8. The molecule has 0 atom stereocenters. The van der Waals surface area contributed by atoms with Crippen molar-refractivity contribution in [2.75, 3.05) is 12.4 Å². The zero-order chi connectivity index (χ0) is 23.2. The van der Waals surface area contributed by atoms with Crippen LogP contribution in [0.1, 0.15) is 21.5 Å². The summed E-state index contributed by atoms with van der Waals surface area (Å²) >= 11 is 12.1. The highest BCUT2D eigenvalue weighted by Gasteiger charge is 2.13. The fourth-order valence-corrected chi connectivity index (χ4v) is 3.55. The van der Waals surface area contributed by atoms with E-state index in [1.54, 1.807) is 66.5 Å². The third kappa shape index (κ3) is 5.86. The summed E-state index contributed by atoms with van der Waals surface area (Å²) in [7, 11) is 1.58. The van der Waals surface area contributed by atoms with Gasteiger partial charge in [-0.25, -0.2) is 0 Å². The van der Waals surface area contributed by atoms with Gasteiger partial charge in [0.1, 0.15) is 18.1 Å². The lowest BCUT2D eigenvalue weighted by molar-refractivity contribution is 0.102. The van der Waals surface area contributed by atoms with E-state index in [1.165, 1.54) is 0 Å². The number of nitrogens with one attached hydrogen (secondary N) is 1. The maximum absolute atomic E-state index is 12.8. The van der Waals surface area contributed by atoms with Crippen molar-refractivity contribution in [3.05, 3.63) is 106 Å². The minimum Gasteiger partial charge on any atom is -0.496 e. The molecule has 1 N–H and O–H groups in total. The quantitative estimate of drug-likeness (QED) is 0.331. The standard InChI is InChI=1S/C25H21Cl2N3O3/c1-32-23-11-6-17(14-19(23)16-33-21-9-7-20(26)8-10-21)25(31)28-24-12-13-30(29-24)15-18-4-2-3-5-22(18)27/h2-14H,15-16H2,1H3,(H,28,29,31). The van der Waals surface area contributed by atoms with Gasteiger partial charge in [-0.3, -0.25) is 9.48 Å². The van der Waals surface area contributed by atoms with E-state index in [1.807, 2.05) is 24.3 Å². The van der Waals surface area contributed by atoms with Crippen molar-refractivity contribution in [3.63, 3.8) is 0 Å². The Morgan fingerprint density at radius 2 is 1.79 bits per heavy atom. The van der Waals surface area contributed by atoms with Gasteiger partial charge >= 0.3 is 0 Å². The molecule has 0 aliphatic carbocycles. The van der Waals surface area contributed by atoms with Gasteiger partial charge in [0.2, 0.25) is 0 Å². The van der Waals surface area contributed by atoms with Crippen LogP contribution in [0, 0.1) is 0 Å². The molecule has 0 saturated heterocycles. The van der Waals surface area contributed by atoms with Crippen LogP contribution < -0.4 is 14.8 Å². The number of benzene rings is 3. The number of carbonyl (C=O) groups excluding carboxylic acids is 1. The first-order chi connectivity index (χ1) is 16.0. The summed E-state index contributed by atoms with van der Waals surface area (Å²) in [6, 6.07) is 21.6. The molecule has 0 fully saturated rings. The average molecular weight is 482 g/mol. The number of anilines is 1. The molecule has 0 aliphatic heterocycles. The number of nitrogens with zero attached hydrogens (tertiary/aromatic N) is 2. The van der Waals surface area contributed by atoms with Crippen LogP contribution in [0.4, 0.5) is 5.82 Å². The molecule has 33 heavy (non-hydrogen) atoms. The van der Waals surface area contributed by atoms with Crippen LogP contribution in [0.3, 0.4) is 0 Å². The lowest BCUT2D eigenvalue weighted by atomic mass is 10.1. The van der Waals surface area contributed by atoms with E-state index in [0.717, 1.165) is 11.1 Å². The van der Waals surface area contributed by atoms with Crippen molar-refractivity contribution in [2.24, 2.45) is 0 Å². The molecule has 6 nitrogen and oxygen atoms in total. The number of hydrogen-bond acceptors (Lipinski definition) is 4. The molecule has 8 heteroatoms. The average Bonchev–Trinajstić information content (AvgIpc) is 3.26. The molecule has 1 aromatic heterocycles. The number of ether oxygens (including phenoxy) is 2. The Morgan fingerprint density at radius 1 is 1.00 bits per heavy atom. The van der Waals surface area contributed by atoms with Crippen LogP contribution in [0.5, 0.6) is 11.5 Å². The van der Waals surface area contributed by atoms with E-state index >= 15 is 0 Å². The summed E-state index contributed by atoms with van der Waals surface area (Å²) < 4.78 is 12.9. The summed E-state index contributed by atoms with van der Waals surface area (Å²) in [6.07, 6.45) is 1.79. The highest BCUT2D eigenvalue weighted by atomic mass is 35.5. The summed E-state index contributed by atoms with van der Waals surface area (Å²) in [4.78, 5) is 12.8. The molecule has 1 heterocycles. The number of aromatic nitrogens is 2. The summed E-state index contributed by atoms with van der Waals surface area (Å²) in [5.74, 6) is 1.46. The molecule has 0 saturated carbocycles. The van der Waals surface area contributed by atoms with Crippen LogP contribution in [-0.2, 0) is 13.2 Å². The molecular formula is C25H21Cl2N3O3. The van der Waals surface area contributed by atoms with Gasteiger partial charge in [-0.15, -0.1) is 0 Å². The van der Waals surface area contributed by atoms with Crippen molar-refractivity contribution < 1.29 is 14.3 Å². The lowest BCUT2D eigenvalue weighted by Gasteiger charge is -2.12. The number of rotatable bonds is 8. The molecule has 0 unspecified atom stereocenters. The molecule has 1 amide bonds. The largest absolute Gasteiger partial charge is 0.496 e. The molecule has 0 radical (unpaired) electrons. The number of hydrogen-bond donors (Lipinski definition) is 1. The van der Waals surface area contributed by atoms with Crippen molar-refractivity contribution in [3.8, 4) is 11.5 Å². The first kappa shape index (κ1) is 22.7. The second-order valence-electron chi connectivity index (χ2n) is 7.21. The van der Waals surface area contributed by atoms with E-state index in [2.05, 4.69) is 10.4 Å². The molecule has 3 aromatic carbocycles. The third-order valence-corrected chi connectivity index (χ3v) is 5.54. The minimum atomic E-state index is -0.284. The fourth-order valence-electron chi connectivity index (χ4n) is 3.23. The van der Waals surface area contributed by atoms with E-state index < -0.39 is 0 Å². The molecule has 4 rings (SSSR count). The van der Waals surface area contributed by atoms with Crippen molar-refractivity contribution >= 4 is 34.9 Å². The normalized spacial score (nSPS) is 10.6. The smallest absolute Gasteiger partial charge is 0.256 e. The number of carbonyl (C=O) groups is 1. The van der Waals surface area contributed by atoms with Crippen molar-refractivity contribution in [1.29, 1.82) is 0 Å². The summed E-state index contributed by atoms with van der Waals surface area (Å²) in [5.41, 5.74) is 2.15. The van der Waals surface area contributed by atoms with E-state index in [-0.39, 0.29) is 12.5 Å². The summed E-state index contributed by atoms with van der Waals surface area (Å²) in [5, 5.41) is 8.54.